The fraction of sp³-hybridized carbons (Fsp3) is 0.250. The average molecular weight is 461 g/mol. The largest absolute Gasteiger partial charge is 0.293 e. The molecule has 1 saturated heterocycles. The first-order valence-electron chi connectivity index (χ1n) is 9.32. The first-order valence-corrected chi connectivity index (χ1v) is 11.4. The number of rotatable bonds is 8. The lowest BCUT2D eigenvalue weighted by molar-refractivity contribution is -0.123. The lowest BCUT2D eigenvalue weighted by atomic mass is 10.2. The molecule has 0 aromatic carbocycles. The van der Waals surface area contributed by atoms with Gasteiger partial charge in [-0.25, -0.2) is 0 Å². The molecule has 2 aromatic heterocycles. The summed E-state index contributed by atoms with van der Waals surface area (Å²) in [6, 6.07) is 7.16. The van der Waals surface area contributed by atoms with Crippen molar-refractivity contribution in [3.63, 3.8) is 0 Å². The van der Waals surface area contributed by atoms with Crippen LogP contribution in [0.5, 0.6) is 0 Å². The number of unbranched alkanes of at least 4 members (excludes halogenated alkanes) is 2. The van der Waals surface area contributed by atoms with Crippen LogP contribution in [0.15, 0.2) is 46.9 Å². The van der Waals surface area contributed by atoms with Gasteiger partial charge < -0.3 is 0 Å². The fourth-order valence-electron chi connectivity index (χ4n) is 2.69. The molecule has 3 amide bonds. The molecule has 2 aromatic rings. The Morgan fingerprint density at radius 2 is 2.03 bits per heavy atom. The van der Waals surface area contributed by atoms with Crippen molar-refractivity contribution in [2.75, 3.05) is 6.54 Å². The van der Waals surface area contributed by atoms with Gasteiger partial charge in [-0.1, -0.05) is 36.5 Å². The molecule has 3 heterocycles. The van der Waals surface area contributed by atoms with Crippen LogP contribution in [0.3, 0.4) is 0 Å². The van der Waals surface area contributed by atoms with Crippen LogP contribution in [0.25, 0.3) is 6.08 Å². The quantitative estimate of drug-likeness (QED) is 0.272. The second kappa shape index (κ2) is 11.0. The van der Waals surface area contributed by atoms with Gasteiger partial charge in [0, 0.05) is 30.2 Å². The molecule has 0 bridgehead atoms. The summed E-state index contributed by atoms with van der Waals surface area (Å²) < 4.78 is 0.568. The number of pyridine rings is 1. The molecular formula is C20H20N4O3S3. The van der Waals surface area contributed by atoms with E-state index in [9.17, 15) is 14.4 Å². The lowest BCUT2D eigenvalue weighted by Gasteiger charge is -2.14. The number of aromatic nitrogens is 1. The second-order valence-corrected chi connectivity index (χ2v) is 9.06. The first-order chi connectivity index (χ1) is 14.5. The van der Waals surface area contributed by atoms with Gasteiger partial charge in [0.05, 0.1) is 10.5 Å². The Hall–Kier alpha value is -2.56. The molecule has 0 spiro atoms. The molecule has 10 heteroatoms. The van der Waals surface area contributed by atoms with E-state index in [1.807, 2.05) is 23.6 Å². The molecule has 7 nitrogen and oxygen atoms in total. The predicted octanol–water partition coefficient (Wildman–Crippen LogP) is 3.37. The van der Waals surface area contributed by atoms with Gasteiger partial charge in [-0.3, -0.25) is 35.1 Å². The van der Waals surface area contributed by atoms with Gasteiger partial charge in [-0.05, 0) is 42.5 Å². The van der Waals surface area contributed by atoms with E-state index in [1.165, 1.54) is 18.0 Å². The van der Waals surface area contributed by atoms with Gasteiger partial charge in [0.2, 0.25) is 5.91 Å². The zero-order valence-corrected chi connectivity index (χ0v) is 18.4. The number of hydrogen-bond acceptors (Lipinski definition) is 7. The Balaban J connectivity index is 1.33. The van der Waals surface area contributed by atoms with E-state index in [2.05, 4.69) is 15.8 Å². The summed E-state index contributed by atoms with van der Waals surface area (Å²) in [4.78, 5) is 43.4. The highest BCUT2D eigenvalue weighted by atomic mass is 32.2. The molecule has 2 N–H and O–H groups in total. The molecule has 1 aliphatic heterocycles. The van der Waals surface area contributed by atoms with Crippen molar-refractivity contribution in [2.45, 2.75) is 25.7 Å². The van der Waals surface area contributed by atoms with Crippen LogP contribution in [0, 0.1) is 0 Å². The maximum Gasteiger partial charge on any atom is 0.271 e. The molecule has 1 fully saturated rings. The van der Waals surface area contributed by atoms with Gasteiger partial charge in [0.25, 0.3) is 11.8 Å². The Bertz CT molecular complexity index is 945. The highest BCUT2D eigenvalue weighted by molar-refractivity contribution is 8.26. The van der Waals surface area contributed by atoms with E-state index in [0.717, 1.165) is 17.7 Å². The second-order valence-electron chi connectivity index (χ2n) is 6.40. The minimum atomic E-state index is -0.415. The minimum Gasteiger partial charge on any atom is -0.293 e. The van der Waals surface area contributed by atoms with E-state index in [0.29, 0.717) is 27.8 Å². The van der Waals surface area contributed by atoms with E-state index in [4.69, 9.17) is 12.2 Å². The van der Waals surface area contributed by atoms with Crippen molar-refractivity contribution in [3.8, 4) is 0 Å². The number of thiocarbonyl (C=S) groups is 1. The number of amides is 3. The molecule has 1 aliphatic rings. The summed E-state index contributed by atoms with van der Waals surface area (Å²) in [6.45, 7) is 0.534. The van der Waals surface area contributed by atoms with Crippen molar-refractivity contribution in [2.24, 2.45) is 0 Å². The number of carbonyl (C=O) groups is 3. The first kappa shape index (κ1) is 22.1. The van der Waals surface area contributed by atoms with E-state index in [1.54, 1.807) is 34.6 Å². The minimum absolute atomic E-state index is 0.0609. The topological polar surface area (TPSA) is 91.4 Å². The summed E-state index contributed by atoms with van der Waals surface area (Å²) in [5.74, 6) is -0.743. The van der Waals surface area contributed by atoms with Crippen LogP contribution in [0.4, 0.5) is 0 Å². The standard InChI is InChI=1S/C20H20N4O3S3/c25-17(22-23-18(26)14-6-4-9-21-13-14)8-2-1-3-10-24-19(27)16(30-20(24)28)12-15-7-5-11-29-15/h4-7,9,11-13H,1-3,8,10H2,(H,22,25)(H,23,26)/b16-12+. The smallest absolute Gasteiger partial charge is 0.271 e. The van der Waals surface area contributed by atoms with Crippen LogP contribution < -0.4 is 10.9 Å². The predicted molar refractivity (Wildman–Crippen MR) is 123 cm³/mol. The summed E-state index contributed by atoms with van der Waals surface area (Å²) >= 11 is 8.23. The molecule has 156 valence electrons. The van der Waals surface area contributed by atoms with Gasteiger partial charge in [-0.15, -0.1) is 11.3 Å². The van der Waals surface area contributed by atoms with Crippen molar-refractivity contribution in [3.05, 3.63) is 57.4 Å². The molecule has 0 radical (unpaired) electrons. The van der Waals surface area contributed by atoms with Crippen molar-refractivity contribution < 1.29 is 14.4 Å². The average Bonchev–Trinajstić information content (AvgIpc) is 3.35. The van der Waals surface area contributed by atoms with Gasteiger partial charge in [-0.2, -0.15) is 0 Å². The molecule has 0 saturated carbocycles. The number of hydrogen-bond donors (Lipinski definition) is 2. The number of nitrogens with one attached hydrogen (secondary N) is 2. The highest BCUT2D eigenvalue weighted by Crippen LogP contribution is 2.33. The third-order valence-corrected chi connectivity index (χ3v) is 6.41. The summed E-state index contributed by atoms with van der Waals surface area (Å²) in [5, 5.41) is 1.97. The molecule has 30 heavy (non-hydrogen) atoms. The van der Waals surface area contributed by atoms with E-state index >= 15 is 0 Å². The number of nitrogens with zero attached hydrogens (tertiary/aromatic N) is 2. The van der Waals surface area contributed by atoms with E-state index in [-0.39, 0.29) is 18.2 Å². The summed E-state index contributed by atoms with van der Waals surface area (Å²) in [6.07, 6.45) is 7.30. The maximum atomic E-state index is 12.5. The third kappa shape index (κ3) is 6.22. The van der Waals surface area contributed by atoms with Crippen LogP contribution in [0.1, 0.15) is 40.9 Å². The Labute approximate surface area is 187 Å². The van der Waals surface area contributed by atoms with Gasteiger partial charge >= 0.3 is 0 Å². The fourth-order valence-corrected chi connectivity index (χ4v) is 4.72. The normalized spacial score (nSPS) is 14.9. The molecule has 0 atom stereocenters. The monoisotopic (exact) mass is 460 g/mol. The van der Waals surface area contributed by atoms with Gasteiger partial charge in [0.15, 0.2) is 0 Å². The SMILES string of the molecule is O=C(CCCCCN1C(=O)/C(=C\c2cccs2)SC1=S)NNC(=O)c1cccnc1. The van der Waals surface area contributed by atoms with Crippen LogP contribution in [-0.4, -0.2) is 38.5 Å². The van der Waals surface area contributed by atoms with Crippen LogP contribution in [-0.2, 0) is 9.59 Å². The zero-order valence-electron chi connectivity index (χ0n) is 16.0. The number of thiophene rings is 1. The van der Waals surface area contributed by atoms with Crippen molar-refractivity contribution in [1.82, 2.24) is 20.7 Å². The number of thioether (sulfide) groups is 1. The molecular weight excluding hydrogens is 440 g/mol. The van der Waals surface area contributed by atoms with E-state index < -0.39 is 5.91 Å². The highest BCUT2D eigenvalue weighted by Gasteiger charge is 2.31. The molecule has 3 rings (SSSR count). The summed E-state index contributed by atoms with van der Waals surface area (Å²) in [7, 11) is 0. The molecule has 0 aliphatic carbocycles. The number of hydrazine groups is 1. The zero-order chi connectivity index (χ0) is 21.3. The molecule has 0 unspecified atom stereocenters. The summed E-state index contributed by atoms with van der Waals surface area (Å²) in [5.41, 5.74) is 5.12. The van der Waals surface area contributed by atoms with Crippen molar-refractivity contribution in [1.29, 1.82) is 0 Å². The van der Waals surface area contributed by atoms with Crippen LogP contribution >= 0.6 is 35.3 Å². The Kier molecular flexibility index (Phi) is 8.12. The third-order valence-electron chi connectivity index (χ3n) is 4.21. The van der Waals surface area contributed by atoms with Crippen molar-refractivity contribution >= 4 is 63.4 Å². The van der Waals surface area contributed by atoms with Crippen LogP contribution in [0.2, 0.25) is 0 Å². The Morgan fingerprint density at radius 1 is 1.17 bits per heavy atom. The Morgan fingerprint density at radius 3 is 2.77 bits per heavy atom. The maximum absolute atomic E-state index is 12.5. The van der Waals surface area contributed by atoms with Gasteiger partial charge in [0.1, 0.15) is 4.32 Å². The number of carbonyl (C=O) groups excluding carboxylic acids is 3. The lowest BCUT2D eigenvalue weighted by Crippen LogP contribution is -2.41.